The van der Waals surface area contributed by atoms with Crippen LogP contribution in [0.4, 0.5) is 0 Å². The molecule has 2 aromatic carbocycles. The van der Waals surface area contributed by atoms with Gasteiger partial charge in [-0.15, -0.1) is 0 Å². The Hall–Kier alpha value is -1.72. The molecule has 0 radical (unpaired) electrons. The fraction of sp³-hybridized carbons (Fsp3) is 0.462. The van der Waals surface area contributed by atoms with Crippen molar-refractivity contribution in [1.82, 2.24) is 0 Å². The van der Waals surface area contributed by atoms with Gasteiger partial charge in [0.15, 0.2) is 5.79 Å². The quantitative estimate of drug-likeness (QED) is 0.511. The number of hydrogen-bond acceptors (Lipinski definition) is 3. The first-order valence-electron chi connectivity index (χ1n) is 11.2. The molecule has 2 aromatic rings. The molecule has 1 fully saturated rings. The summed E-state index contributed by atoms with van der Waals surface area (Å²) in [5.74, 6) is -0.546. The van der Waals surface area contributed by atoms with E-state index in [2.05, 4.69) is 93.6 Å². The molecular weight excluding hydrogens is 388 g/mol. The van der Waals surface area contributed by atoms with Crippen molar-refractivity contribution in [2.45, 2.75) is 63.4 Å². The normalized spacial score (nSPS) is 24.8. The molecule has 1 spiro atoms. The van der Waals surface area contributed by atoms with Gasteiger partial charge in [-0.05, 0) is 40.8 Å². The third-order valence-corrected chi connectivity index (χ3v) is 11.3. The van der Waals surface area contributed by atoms with Crippen molar-refractivity contribution in [2.75, 3.05) is 13.2 Å². The van der Waals surface area contributed by atoms with Crippen LogP contribution in [-0.4, -0.2) is 33.4 Å². The average Bonchev–Trinajstić information content (AvgIpc) is 2.75. The van der Waals surface area contributed by atoms with E-state index in [0.29, 0.717) is 6.61 Å². The molecule has 0 aromatic heterocycles. The molecule has 2 aliphatic heterocycles. The standard InChI is InChI=1S/C26H34O3Si/c1-25(2,3)30(23-14-6-4-7-15-23,24-16-8-5-9-17-24)28-21-22-13-12-19-26(29-22)18-10-11-20-27-26/h4-10,14-18,22H,11-13,19-21H2,1-3H3/t22-,26-/m1/s1. The third kappa shape index (κ3) is 4.19. The van der Waals surface area contributed by atoms with Crippen molar-refractivity contribution < 1.29 is 13.9 Å². The molecule has 4 rings (SSSR count). The molecule has 0 saturated carbocycles. The van der Waals surface area contributed by atoms with Crippen molar-refractivity contribution >= 4 is 18.7 Å². The minimum Gasteiger partial charge on any atom is -0.405 e. The molecule has 0 amide bonds. The third-order valence-electron chi connectivity index (χ3n) is 6.32. The zero-order valence-electron chi connectivity index (χ0n) is 18.5. The Kier molecular flexibility index (Phi) is 6.30. The van der Waals surface area contributed by atoms with E-state index in [1.165, 1.54) is 10.4 Å². The molecule has 3 nitrogen and oxygen atoms in total. The predicted molar refractivity (Wildman–Crippen MR) is 125 cm³/mol. The monoisotopic (exact) mass is 422 g/mol. The number of hydrogen-bond donors (Lipinski definition) is 0. The van der Waals surface area contributed by atoms with Gasteiger partial charge in [-0.3, -0.25) is 0 Å². The predicted octanol–water partition coefficient (Wildman–Crippen LogP) is 4.80. The van der Waals surface area contributed by atoms with Gasteiger partial charge in [-0.2, -0.15) is 0 Å². The topological polar surface area (TPSA) is 27.7 Å². The molecule has 0 aliphatic carbocycles. The Morgan fingerprint density at radius 3 is 2.17 bits per heavy atom. The molecule has 4 heteroatoms. The van der Waals surface area contributed by atoms with Crippen molar-refractivity contribution in [2.24, 2.45) is 0 Å². The van der Waals surface area contributed by atoms with E-state index < -0.39 is 14.1 Å². The minimum absolute atomic E-state index is 0.0245. The average molecular weight is 423 g/mol. The van der Waals surface area contributed by atoms with E-state index in [1.54, 1.807) is 0 Å². The van der Waals surface area contributed by atoms with Crippen LogP contribution in [0, 0.1) is 0 Å². The summed E-state index contributed by atoms with van der Waals surface area (Å²) in [6, 6.07) is 21.6. The Labute approximate surface area is 182 Å². The first kappa shape index (κ1) is 21.5. The van der Waals surface area contributed by atoms with Crippen molar-refractivity contribution in [3.8, 4) is 0 Å². The highest BCUT2D eigenvalue weighted by atomic mass is 28.4. The van der Waals surface area contributed by atoms with Gasteiger partial charge in [0.05, 0.1) is 19.3 Å². The second-order valence-electron chi connectivity index (χ2n) is 9.46. The molecule has 0 N–H and O–H groups in total. The Bertz CT molecular complexity index is 804. The van der Waals surface area contributed by atoms with Crippen LogP contribution >= 0.6 is 0 Å². The lowest BCUT2D eigenvalue weighted by molar-refractivity contribution is -0.257. The van der Waals surface area contributed by atoms with Gasteiger partial charge in [-0.1, -0.05) is 87.5 Å². The lowest BCUT2D eigenvalue weighted by Crippen LogP contribution is -2.67. The van der Waals surface area contributed by atoms with E-state index in [9.17, 15) is 0 Å². The van der Waals surface area contributed by atoms with Crippen LogP contribution < -0.4 is 10.4 Å². The summed E-state index contributed by atoms with van der Waals surface area (Å²) in [6.45, 7) is 8.27. The highest BCUT2D eigenvalue weighted by molar-refractivity contribution is 6.99. The van der Waals surface area contributed by atoms with Gasteiger partial charge in [0.25, 0.3) is 8.32 Å². The Balaban J connectivity index is 1.65. The largest absolute Gasteiger partial charge is 0.405 e. The summed E-state index contributed by atoms with van der Waals surface area (Å²) in [6.07, 6.45) is 8.35. The van der Waals surface area contributed by atoms with E-state index in [-0.39, 0.29) is 11.1 Å². The smallest absolute Gasteiger partial charge is 0.261 e. The lowest BCUT2D eigenvalue weighted by atomic mass is 9.99. The minimum atomic E-state index is -2.53. The van der Waals surface area contributed by atoms with Gasteiger partial charge in [-0.25, -0.2) is 0 Å². The van der Waals surface area contributed by atoms with Crippen molar-refractivity contribution in [3.05, 3.63) is 72.8 Å². The maximum atomic E-state index is 7.07. The van der Waals surface area contributed by atoms with Gasteiger partial charge in [0.1, 0.15) is 0 Å². The zero-order chi connectivity index (χ0) is 21.1. The first-order chi connectivity index (χ1) is 14.5. The summed E-state index contributed by atoms with van der Waals surface area (Å²) in [7, 11) is -2.53. The molecule has 0 bridgehead atoms. The van der Waals surface area contributed by atoms with Gasteiger partial charge in [0, 0.05) is 6.42 Å². The van der Waals surface area contributed by atoms with Crippen molar-refractivity contribution in [1.29, 1.82) is 0 Å². The first-order valence-corrected chi connectivity index (χ1v) is 13.1. The van der Waals surface area contributed by atoms with Gasteiger partial charge < -0.3 is 13.9 Å². The zero-order valence-corrected chi connectivity index (χ0v) is 19.5. The number of ether oxygens (including phenoxy) is 2. The highest BCUT2D eigenvalue weighted by Gasteiger charge is 2.51. The van der Waals surface area contributed by atoms with Crippen LogP contribution in [0.5, 0.6) is 0 Å². The molecular formula is C26H34O3Si. The fourth-order valence-corrected chi connectivity index (χ4v) is 9.50. The van der Waals surface area contributed by atoms with Crippen LogP contribution in [-0.2, 0) is 13.9 Å². The van der Waals surface area contributed by atoms with E-state index in [4.69, 9.17) is 13.9 Å². The Morgan fingerprint density at radius 1 is 1.00 bits per heavy atom. The van der Waals surface area contributed by atoms with Crippen LogP contribution in [0.3, 0.4) is 0 Å². The van der Waals surface area contributed by atoms with Crippen LogP contribution in [0.2, 0.25) is 5.04 Å². The Morgan fingerprint density at radius 2 is 1.63 bits per heavy atom. The summed E-state index contributed by atoms with van der Waals surface area (Å²) >= 11 is 0. The molecule has 2 aliphatic rings. The number of benzene rings is 2. The summed E-state index contributed by atoms with van der Waals surface area (Å²) in [5.41, 5.74) is 0. The van der Waals surface area contributed by atoms with Crippen LogP contribution in [0.1, 0.15) is 46.5 Å². The maximum Gasteiger partial charge on any atom is 0.261 e. The SMILES string of the molecule is CC(C)(C)[Si](OC[C@H]1CCC[C@@]2(C=CCCO2)O1)(c1ccccc1)c1ccccc1. The summed E-state index contributed by atoms with van der Waals surface area (Å²) < 4.78 is 19.6. The van der Waals surface area contributed by atoms with E-state index in [0.717, 1.165) is 32.3 Å². The summed E-state index contributed by atoms with van der Waals surface area (Å²) in [4.78, 5) is 0. The molecule has 160 valence electrons. The number of rotatable bonds is 5. The molecule has 30 heavy (non-hydrogen) atoms. The van der Waals surface area contributed by atoms with Gasteiger partial charge >= 0.3 is 0 Å². The van der Waals surface area contributed by atoms with Crippen LogP contribution in [0.15, 0.2) is 72.8 Å². The van der Waals surface area contributed by atoms with Gasteiger partial charge in [0.2, 0.25) is 0 Å². The molecule has 0 unspecified atom stereocenters. The molecule has 2 atom stereocenters. The molecule has 2 heterocycles. The maximum absolute atomic E-state index is 7.07. The van der Waals surface area contributed by atoms with E-state index >= 15 is 0 Å². The fourth-order valence-electron chi connectivity index (χ4n) is 4.91. The second kappa shape index (κ2) is 8.79. The second-order valence-corrected chi connectivity index (χ2v) is 13.8. The van der Waals surface area contributed by atoms with Crippen LogP contribution in [0.25, 0.3) is 0 Å². The lowest BCUT2D eigenvalue weighted by Gasteiger charge is -2.45. The van der Waals surface area contributed by atoms with E-state index in [1.807, 2.05) is 0 Å². The highest BCUT2D eigenvalue weighted by Crippen LogP contribution is 2.38. The van der Waals surface area contributed by atoms with Crippen molar-refractivity contribution in [3.63, 3.8) is 0 Å². The summed E-state index contributed by atoms with van der Waals surface area (Å²) in [5, 5.41) is 2.59. The molecule has 1 saturated heterocycles.